The molecule has 96 valence electrons. The van der Waals surface area contributed by atoms with E-state index in [0.29, 0.717) is 12.0 Å². The predicted octanol–water partition coefficient (Wildman–Crippen LogP) is 2.55. The fourth-order valence-corrected chi connectivity index (χ4v) is 1.56. The van der Waals surface area contributed by atoms with Crippen LogP contribution in [0, 0.1) is 11.7 Å². The van der Waals surface area contributed by atoms with Crippen molar-refractivity contribution in [3.8, 4) is 0 Å². The standard InChI is InChI=1S/C14H23FN2/c1-11(2)8-16-9-12(3)17-10-13-4-6-14(15)7-5-13/h4-7,11-12,16-17H,8-10H2,1-3H3. The highest BCUT2D eigenvalue weighted by Crippen LogP contribution is 2.02. The van der Waals surface area contributed by atoms with E-state index in [1.807, 2.05) is 12.1 Å². The Labute approximate surface area is 104 Å². The van der Waals surface area contributed by atoms with Crippen LogP contribution in [0.1, 0.15) is 26.3 Å². The Morgan fingerprint density at radius 2 is 1.71 bits per heavy atom. The van der Waals surface area contributed by atoms with E-state index in [1.54, 1.807) is 0 Å². The molecule has 0 radical (unpaired) electrons. The summed E-state index contributed by atoms with van der Waals surface area (Å²) in [4.78, 5) is 0. The van der Waals surface area contributed by atoms with E-state index in [4.69, 9.17) is 0 Å². The SMILES string of the molecule is CC(C)CNCC(C)NCc1ccc(F)cc1. The minimum absolute atomic E-state index is 0.180. The molecule has 0 aliphatic heterocycles. The number of rotatable bonds is 7. The second-order valence-corrected chi connectivity index (χ2v) is 4.96. The van der Waals surface area contributed by atoms with Gasteiger partial charge in [0.1, 0.15) is 5.82 Å². The van der Waals surface area contributed by atoms with E-state index in [2.05, 4.69) is 31.4 Å². The summed E-state index contributed by atoms with van der Waals surface area (Å²) in [6.45, 7) is 9.33. The topological polar surface area (TPSA) is 24.1 Å². The highest BCUT2D eigenvalue weighted by Gasteiger charge is 2.02. The molecule has 1 aromatic rings. The number of benzene rings is 1. The molecule has 3 heteroatoms. The average molecular weight is 238 g/mol. The van der Waals surface area contributed by atoms with Gasteiger partial charge in [-0.2, -0.15) is 0 Å². The monoisotopic (exact) mass is 238 g/mol. The van der Waals surface area contributed by atoms with Gasteiger partial charge in [-0.25, -0.2) is 4.39 Å². The summed E-state index contributed by atoms with van der Waals surface area (Å²) in [5.74, 6) is 0.500. The van der Waals surface area contributed by atoms with Crippen LogP contribution in [0.4, 0.5) is 4.39 Å². The van der Waals surface area contributed by atoms with Gasteiger partial charge in [-0.15, -0.1) is 0 Å². The highest BCUT2D eigenvalue weighted by atomic mass is 19.1. The third-order valence-electron chi connectivity index (χ3n) is 2.57. The van der Waals surface area contributed by atoms with Crippen molar-refractivity contribution < 1.29 is 4.39 Å². The van der Waals surface area contributed by atoms with Gasteiger partial charge in [0.15, 0.2) is 0 Å². The van der Waals surface area contributed by atoms with Gasteiger partial charge in [0.25, 0.3) is 0 Å². The van der Waals surface area contributed by atoms with Crippen LogP contribution in [-0.2, 0) is 6.54 Å². The molecule has 17 heavy (non-hydrogen) atoms. The Morgan fingerprint density at radius 1 is 1.06 bits per heavy atom. The molecule has 0 heterocycles. The lowest BCUT2D eigenvalue weighted by Gasteiger charge is -2.15. The molecular formula is C14H23FN2. The second-order valence-electron chi connectivity index (χ2n) is 4.96. The maximum Gasteiger partial charge on any atom is 0.123 e. The molecule has 0 fully saturated rings. The van der Waals surface area contributed by atoms with Crippen LogP contribution in [0.15, 0.2) is 24.3 Å². The van der Waals surface area contributed by atoms with Crippen molar-refractivity contribution in [3.05, 3.63) is 35.6 Å². The van der Waals surface area contributed by atoms with Crippen LogP contribution in [0.2, 0.25) is 0 Å². The first-order valence-corrected chi connectivity index (χ1v) is 6.26. The van der Waals surface area contributed by atoms with Crippen LogP contribution in [-0.4, -0.2) is 19.1 Å². The van der Waals surface area contributed by atoms with Crippen molar-refractivity contribution in [1.29, 1.82) is 0 Å². The molecule has 0 amide bonds. The van der Waals surface area contributed by atoms with E-state index >= 15 is 0 Å². The summed E-state index contributed by atoms with van der Waals surface area (Å²) in [6.07, 6.45) is 0. The molecule has 2 N–H and O–H groups in total. The number of hydrogen-bond acceptors (Lipinski definition) is 2. The number of hydrogen-bond donors (Lipinski definition) is 2. The zero-order valence-electron chi connectivity index (χ0n) is 11.0. The third-order valence-corrected chi connectivity index (χ3v) is 2.57. The molecule has 0 aliphatic carbocycles. The summed E-state index contributed by atoms with van der Waals surface area (Å²) in [6, 6.07) is 7.05. The molecule has 0 bridgehead atoms. The van der Waals surface area contributed by atoms with Gasteiger partial charge < -0.3 is 10.6 Å². The van der Waals surface area contributed by atoms with Crippen LogP contribution >= 0.6 is 0 Å². The molecule has 0 aromatic heterocycles. The van der Waals surface area contributed by atoms with Crippen LogP contribution in [0.5, 0.6) is 0 Å². The number of halogens is 1. The molecule has 0 aliphatic rings. The van der Waals surface area contributed by atoms with Gasteiger partial charge in [-0.05, 0) is 37.1 Å². The predicted molar refractivity (Wildman–Crippen MR) is 70.4 cm³/mol. The average Bonchev–Trinajstić information content (AvgIpc) is 2.28. The Bertz CT molecular complexity index is 309. The minimum Gasteiger partial charge on any atom is -0.315 e. The van der Waals surface area contributed by atoms with Gasteiger partial charge in [0.2, 0.25) is 0 Å². The summed E-state index contributed by atoms with van der Waals surface area (Å²) >= 11 is 0. The Kier molecular flexibility index (Phi) is 6.16. The van der Waals surface area contributed by atoms with Crippen LogP contribution in [0.3, 0.4) is 0 Å². The molecule has 1 aromatic carbocycles. The maximum absolute atomic E-state index is 12.7. The molecule has 0 spiro atoms. The molecular weight excluding hydrogens is 215 g/mol. The largest absolute Gasteiger partial charge is 0.315 e. The third kappa shape index (κ3) is 6.39. The number of nitrogens with one attached hydrogen (secondary N) is 2. The second kappa shape index (κ2) is 7.41. The fourth-order valence-electron chi connectivity index (χ4n) is 1.56. The highest BCUT2D eigenvalue weighted by molar-refractivity contribution is 5.15. The lowest BCUT2D eigenvalue weighted by molar-refractivity contribution is 0.472. The van der Waals surface area contributed by atoms with Crippen LogP contribution < -0.4 is 10.6 Å². The molecule has 0 saturated heterocycles. The van der Waals surface area contributed by atoms with Gasteiger partial charge in [0.05, 0.1) is 0 Å². The molecule has 1 unspecified atom stereocenters. The Morgan fingerprint density at radius 3 is 2.29 bits per heavy atom. The van der Waals surface area contributed by atoms with Gasteiger partial charge in [0, 0.05) is 19.1 Å². The van der Waals surface area contributed by atoms with E-state index < -0.39 is 0 Å². The van der Waals surface area contributed by atoms with Crippen molar-refractivity contribution in [3.63, 3.8) is 0 Å². The Balaban J connectivity index is 2.19. The first-order chi connectivity index (χ1) is 8.08. The molecule has 1 rings (SSSR count). The zero-order valence-corrected chi connectivity index (χ0v) is 11.0. The van der Waals surface area contributed by atoms with E-state index in [-0.39, 0.29) is 5.82 Å². The lowest BCUT2D eigenvalue weighted by atomic mass is 10.2. The van der Waals surface area contributed by atoms with Gasteiger partial charge in [-0.1, -0.05) is 26.0 Å². The Hall–Kier alpha value is -0.930. The van der Waals surface area contributed by atoms with Gasteiger partial charge >= 0.3 is 0 Å². The zero-order chi connectivity index (χ0) is 12.7. The van der Waals surface area contributed by atoms with Crippen LogP contribution in [0.25, 0.3) is 0 Å². The van der Waals surface area contributed by atoms with E-state index in [9.17, 15) is 4.39 Å². The minimum atomic E-state index is -0.180. The smallest absolute Gasteiger partial charge is 0.123 e. The van der Waals surface area contributed by atoms with Crippen molar-refractivity contribution in [2.45, 2.75) is 33.4 Å². The summed E-state index contributed by atoms with van der Waals surface area (Å²) < 4.78 is 12.7. The molecule has 2 nitrogen and oxygen atoms in total. The first-order valence-electron chi connectivity index (χ1n) is 6.26. The van der Waals surface area contributed by atoms with E-state index in [1.165, 1.54) is 12.1 Å². The normalized spacial score (nSPS) is 13.0. The molecule has 0 saturated carbocycles. The van der Waals surface area contributed by atoms with Crippen molar-refractivity contribution >= 4 is 0 Å². The summed E-state index contributed by atoms with van der Waals surface area (Å²) in [5.41, 5.74) is 1.11. The fraction of sp³-hybridized carbons (Fsp3) is 0.571. The lowest BCUT2D eigenvalue weighted by Crippen LogP contribution is -2.37. The summed E-state index contributed by atoms with van der Waals surface area (Å²) in [7, 11) is 0. The quantitative estimate of drug-likeness (QED) is 0.763. The maximum atomic E-state index is 12.7. The van der Waals surface area contributed by atoms with E-state index in [0.717, 1.165) is 25.2 Å². The first kappa shape index (κ1) is 14.1. The van der Waals surface area contributed by atoms with Gasteiger partial charge in [-0.3, -0.25) is 0 Å². The summed E-state index contributed by atoms with van der Waals surface area (Å²) in [5, 5.41) is 6.81. The van der Waals surface area contributed by atoms with Crippen molar-refractivity contribution in [1.82, 2.24) is 10.6 Å². The van der Waals surface area contributed by atoms with Crippen molar-refractivity contribution in [2.24, 2.45) is 5.92 Å². The molecule has 1 atom stereocenters. The van der Waals surface area contributed by atoms with Crippen molar-refractivity contribution in [2.75, 3.05) is 13.1 Å².